The number of rotatable bonds is 5. The number of carbonyl (C=O) groups excluding carboxylic acids is 1. The summed E-state index contributed by atoms with van der Waals surface area (Å²) in [5, 5.41) is 5.07. The number of aromatic amines is 1. The monoisotopic (exact) mass is 338 g/mol. The maximum Gasteiger partial charge on any atom is 0.253 e. The molecule has 3 nitrogen and oxygen atoms in total. The van der Waals surface area contributed by atoms with Crippen LogP contribution >= 0.6 is 11.3 Å². The lowest BCUT2D eigenvalue weighted by Gasteiger charge is -2.03. The van der Waals surface area contributed by atoms with Crippen molar-refractivity contribution in [2.75, 3.05) is 6.54 Å². The van der Waals surface area contributed by atoms with Crippen LogP contribution in [0.4, 0.5) is 0 Å². The Hall–Kier alpha value is -2.33. The lowest BCUT2D eigenvalue weighted by molar-refractivity contribution is 0.0954. The van der Waals surface area contributed by atoms with Crippen LogP contribution in [-0.2, 0) is 6.42 Å². The minimum Gasteiger partial charge on any atom is -0.358 e. The maximum absolute atomic E-state index is 12.4. The molecule has 2 N–H and O–H groups in total. The highest BCUT2D eigenvalue weighted by Crippen LogP contribution is 2.24. The van der Waals surface area contributed by atoms with Crippen LogP contribution in [0.5, 0.6) is 0 Å². The highest BCUT2D eigenvalue weighted by molar-refractivity contribution is 7.09. The molecule has 0 spiro atoms. The zero-order valence-electron chi connectivity index (χ0n) is 14.3. The normalized spacial score (nSPS) is 10.8. The van der Waals surface area contributed by atoms with E-state index in [1.54, 1.807) is 11.3 Å². The number of amides is 1. The Labute approximate surface area is 146 Å². The van der Waals surface area contributed by atoms with Crippen molar-refractivity contribution in [2.45, 2.75) is 27.2 Å². The quantitative estimate of drug-likeness (QED) is 0.699. The van der Waals surface area contributed by atoms with Crippen molar-refractivity contribution in [2.24, 2.45) is 0 Å². The highest BCUT2D eigenvalue weighted by atomic mass is 32.1. The molecular formula is C20H22N2OS. The molecule has 0 aliphatic rings. The van der Waals surface area contributed by atoms with Gasteiger partial charge in [-0.15, -0.1) is 11.3 Å². The Bertz CT molecular complexity index is 847. The summed E-state index contributed by atoms with van der Waals surface area (Å²) in [4.78, 5) is 17.1. The molecule has 0 unspecified atom stereocenters. The molecule has 2 heterocycles. The van der Waals surface area contributed by atoms with E-state index < -0.39 is 0 Å². The van der Waals surface area contributed by atoms with Crippen LogP contribution in [-0.4, -0.2) is 17.4 Å². The molecule has 3 aromatic rings. The second-order valence-corrected chi connectivity index (χ2v) is 7.14. The number of thiophene rings is 1. The Morgan fingerprint density at radius 2 is 1.96 bits per heavy atom. The average Bonchev–Trinajstić information content (AvgIpc) is 3.19. The fourth-order valence-electron chi connectivity index (χ4n) is 2.71. The minimum atomic E-state index is -0.0182. The summed E-state index contributed by atoms with van der Waals surface area (Å²) in [6.07, 6.45) is 0.872. The van der Waals surface area contributed by atoms with E-state index in [9.17, 15) is 4.79 Å². The summed E-state index contributed by atoms with van der Waals surface area (Å²) in [5.41, 5.74) is 6.24. The zero-order chi connectivity index (χ0) is 17.1. The molecule has 2 aromatic heterocycles. The van der Waals surface area contributed by atoms with Crippen molar-refractivity contribution in [3.8, 4) is 11.3 Å². The third kappa shape index (κ3) is 3.60. The molecular weight excluding hydrogens is 316 g/mol. The first kappa shape index (κ1) is 16.5. The van der Waals surface area contributed by atoms with Crippen LogP contribution in [0.25, 0.3) is 11.3 Å². The zero-order valence-corrected chi connectivity index (χ0v) is 15.1. The minimum absolute atomic E-state index is 0.0182. The number of hydrogen-bond acceptors (Lipinski definition) is 2. The number of aromatic nitrogens is 1. The van der Waals surface area contributed by atoms with Gasteiger partial charge >= 0.3 is 0 Å². The third-order valence-corrected chi connectivity index (χ3v) is 5.25. The number of carbonyl (C=O) groups is 1. The summed E-state index contributed by atoms with van der Waals surface area (Å²) in [5.74, 6) is -0.0182. The number of nitrogens with one attached hydrogen (secondary N) is 2. The molecule has 0 atom stereocenters. The van der Waals surface area contributed by atoms with Gasteiger partial charge in [0.1, 0.15) is 0 Å². The molecule has 4 heteroatoms. The van der Waals surface area contributed by atoms with Gasteiger partial charge in [0.25, 0.3) is 5.91 Å². The van der Waals surface area contributed by atoms with E-state index in [0.29, 0.717) is 6.54 Å². The Morgan fingerprint density at radius 1 is 1.12 bits per heavy atom. The molecule has 0 aliphatic heterocycles. The van der Waals surface area contributed by atoms with Crippen LogP contribution in [0.2, 0.25) is 0 Å². The molecule has 0 aliphatic carbocycles. The lowest BCUT2D eigenvalue weighted by atomic mass is 10.0. The van der Waals surface area contributed by atoms with Gasteiger partial charge in [0.2, 0.25) is 0 Å². The van der Waals surface area contributed by atoms with Gasteiger partial charge in [0, 0.05) is 22.8 Å². The summed E-state index contributed by atoms with van der Waals surface area (Å²) < 4.78 is 0. The molecule has 0 radical (unpaired) electrons. The fourth-order valence-corrected chi connectivity index (χ4v) is 3.42. The summed E-state index contributed by atoms with van der Waals surface area (Å²) >= 11 is 1.72. The molecule has 0 saturated heterocycles. The summed E-state index contributed by atoms with van der Waals surface area (Å²) in [7, 11) is 0. The maximum atomic E-state index is 12.4. The van der Waals surface area contributed by atoms with E-state index in [1.165, 1.54) is 16.0 Å². The van der Waals surface area contributed by atoms with Crippen LogP contribution in [0.15, 0.2) is 41.8 Å². The van der Waals surface area contributed by atoms with Gasteiger partial charge in [-0.2, -0.15) is 0 Å². The van der Waals surface area contributed by atoms with E-state index in [2.05, 4.69) is 53.8 Å². The molecule has 1 amide bonds. The van der Waals surface area contributed by atoms with Crippen molar-refractivity contribution >= 4 is 17.2 Å². The van der Waals surface area contributed by atoms with Crippen molar-refractivity contribution in [1.82, 2.24) is 10.3 Å². The molecule has 1 aromatic carbocycles. The van der Waals surface area contributed by atoms with Gasteiger partial charge in [0.05, 0.1) is 5.56 Å². The van der Waals surface area contributed by atoms with E-state index in [1.807, 2.05) is 19.1 Å². The smallest absolute Gasteiger partial charge is 0.253 e. The van der Waals surface area contributed by atoms with E-state index in [0.717, 1.165) is 28.9 Å². The van der Waals surface area contributed by atoms with Crippen molar-refractivity contribution in [1.29, 1.82) is 0 Å². The molecule has 24 heavy (non-hydrogen) atoms. The molecule has 3 rings (SSSR count). The largest absolute Gasteiger partial charge is 0.358 e. The Balaban J connectivity index is 1.70. The van der Waals surface area contributed by atoms with Gasteiger partial charge in [-0.25, -0.2) is 0 Å². The SMILES string of the molecule is Cc1ccc(-c2cc(C(=O)NCCc3cccs3)c(C)[nH]2)cc1C. The van der Waals surface area contributed by atoms with Crippen molar-refractivity contribution in [3.05, 3.63) is 69.0 Å². The first-order valence-electron chi connectivity index (χ1n) is 8.12. The standard InChI is InChI=1S/C20H22N2OS/c1-13-6-7-16(11-14(13)2)19-12-18(15(3)22-19)20(23)21-9-8-17-5-4-10-24-17/h4-7,10-12,22H,8-9H2,1-3H3,(H,21,23). The second-order valence-electron chi connectivity index (χ2n) is 6.11. The van der Waals surface area contributed by atoms with Crippen LogP contribution in [0, 0.1) is 20.8 Å². The Morgan fingerprint density at radius 3 is 2.67 bits per heavy atom. The first-order valence-corrected chi connectivity index (χ1v) is 9.00. The van der Waals surface area contributed by atoms with Gasteiger partial charge in [0.15, 0.2) is 0 Å². The topological polar surface area (TPSA) is 44.9 Å². The van der Waals surface area contributed by atoms with Gasteiger partial charge in [-0.1, -0.05) is 18.2 Å². The van der Waals surface area contributed by atoms with Gasteiger partial charge in [-0.3, -0.25) is 4.79 Å². The van der Waals surface area contributed by atoms with Crippen LogP contribution in [0.1, 0.15) is 32.1 Å². The third-order valence-electron chi connectivity index (χ3n) is 4.31. The predicted molar refractivity (Wildman–Crippen MR) is 101 cm³/mol. The van der Waals surface area contributed by atoms with Gasteiger partial charge in [-0.05, 0) is 67.5 Å². The molecule has 0 fully saturated rings. The first-order chi connectivity index (χ1) is 11.5. The highest BCUT2D eigenvalue weighted by Gasteiger charge is 2.13. The number of hydrogen-bond donors (Lipinski definition) is 2. The van der Waals surface area contributed by atoms with E-state index in [-0.39, 0.29) is 5.91 Å². The number of aryl methyl sites for hydroxylation is 3. The molecule has 0 bridgehead atoms. The lowest BCUT2D eigenvalue weighted by Crippen LogP contribution is -2.25. The van der Waals surface area contributed by atoms with E-state index >= 15 is 0 Å². The Kier molecular flexibility index (Phi) is 4.86. The van der Waals surface area contributed by atoms with Crippen LogP contribution in [0.3, 0.4) is 0 Å². The number of H-pyrrole nitrogens is 1. The van der Waals surface area contributed by atoms with Crippen molar-refractivity contribution < 1.29 is 4.79 Å². The predicted octanol–water partition coefficient (Wildman–Crippen LogP) is 4.64. The summed E-state index contributed by atoms with van der Waals surface area (Å²) in [6, 6.07) is 12.4. The number of benzene rings is 1. The van der Waals surface area contributed by atoms with E-state index in [4.69, 9.17) is 0 Å². The average molecular weight is 338 g/mol. The molecule has 124 valence electrons. The molecule has 0 saturated carbocycles. The van der Waals surface area contributed by atoms with Crippen molar-refractivity contribution in [3.63, 3.8) is 0 Å². The summed E-state index contributed by atoms with van der Waals surface area (Å²) in [6.45, 7) is 6.81. The second kappa shape index (κ2) is 7.05. The van der Waals surface area contributed by atoms with Gasteiger partial charge < -0.3 is 10.3 Å². The fraction of sp³-hybridized carbons (Fsp3) is 0.250. The van der Waals surface area contributed by atoms with Crippen LogP contribution < -0.4 is 5.32 Å².